The van der Waals surface area contributed by atoms with E-state index >= 15 is 0 Å². The first-order valence-electron chi connectivity index (χ1n) is 11.8. The lowest BCUT2D eigenvalue weighted by Gasteiger charge is -2.49. The molecular weight excluding hydrogens is 598 g/mol. The fourth-order valence-electron chi connectivity index (χ4n) is 3.96. The van der Waals surface area contributed by atoms with Crippen molar-refractivity contribution in [1.82, 2.24) is 15.2 Å². The number of anilines is 1. The van der Waals surface area contributed by atoms with E-state index in [-0.39, 0.29) is 28.4 Å². The first-order valence-corrected chi connectivity index (χ1v) is 13.8. The van der Waals surface area contributed by atoms with Crippen LogP contribution in [0, 0.1) is 0 Å². The molecule has 0 aliphatic carbocycles. The van der Waals surface area contributed by atoms with Crippen LogP contribution >= 0.6 is 23.1 Å². The fraction of sp³-hybridized carbons (Fsp3) is 0.292. The minimum absolute atomic E-state index is 0.0475. The molecule has 3 heterocycles. The molecule has 0 radical (unpaired) electrons. The maximum absolute atomic E-state index is 12.8. The summed E-state index contributed by atoms with van der Waals surface area (Å²) in [5, 5.41) is 45.1. The number of ether oxygens (including phenoxy) is 1. The predicted molar refractivity (Wildman–Crippen MR) is 146 cm³/mol. The van der Waals surface area contributed by atoms with Crippen LogP contribution in [-0.2, 0) is 35.2 Å². The van der Waals surface area contributed by atoms with Gasteiger partial charge in [-0.15, -0.1) is 23.1 Å². The summed E-state index contributed by atoms with van der Waals surface area (Å²) in [6.07, 6.45) is 0.461. The van der Waals surface area contributed by atoms with Gasteiger partial charge in [-0.25, -0.2) is 19.4 Å². The molecule has 1 fully saturated rings. The minimum atomic E-state index is -1.87. The molecule has 0 bridgehead atoms. The van der Waals surface area contributed by atoms with Gasteiger partial charge in [0.15, 0.2) is 16.6 Å². The Morgan fingerprint density at radius 3 is 2.62 bits per heavy atom. The molecule has 1 aromatic heterocycles. The average molecular weight is 622 g/mol. The Bertz CT molecular complexity index is 1520. The highest BCUT2D eigenvalue weighted by molar-refractivity contribution is 8.00. The number of nitrogens with two attached hydrogens (primary N) is 1. The standard InChI is InChI=1S/C24H23N5O11S2/c1-24(22(37)38,5-12-9-42-23(25)27-12)40-26-6-15(32)28-16-18(33)29-17(20(34)35)11(8-41-19(16)29)7-39-21(36)10-2-3-13(30)14(31)4-10/h2-4,6,9,16,19,30-31H,5,7-8H2,1H3,(H2,25,27)(H,28,32)(H,34,35)(H,37,38)/t16-,19-,24?/m1/s1. The first-order chi connectivity index (χ1) is 19.8. The lowest BCUT2D eigenvalue weighted by molar-refractivity contribution is -0.163. The van der Waals surface area contributed by atoms with Crippen LogP contribution in [0.5, 0.6) is 11.5 Å². The first kappa shape index (κ1) is 30.1. The number of phenolic OH excluding ortho intramolecular Hbond substituents is 2. The Balaban J connectivity index is 1.37. The molecule has 2 amide bonds. The molecule has 0 spiro atoms. The monoisotopic (exact) mass is 621 g/mol. The number of carbonyl (C=O) groups is 5. The van der Waals surface area contributed by atoms with Gasteiger partial charge >= 0.3 is 17.9 Å². The number of nitrogens with one attached hydrogen (secondary N) is 1. The van der Waals surface area contributed by atoms with Crippen molar-refractivity contribution in [1.29, 1.82) is 0 Å². The molecule has 16 nitrogen and oxygen atoms in total. The number of thioether (sulfide) groups is 1. The number of nitrogen functional groups attached to an aromatic ring is 1. The van der Waals surface area contributed by atoms with Crippen LogP contribution in [0.4, 0.5) is 5.13 Å². The number of aromatic nitrogens is 1. The number of carboxylic acids is 2. The second-order valence-electron chi connectivity index (χ2n) is 9.15. The number of aromatic hydroxyl groups is 2. The van der Waals surface area contributed by atoms with E-state index in [0.717, 1.165) is 40.1 Å². The van der Waals surface area contributed by atoms with E-state index in [1.165, 1.54) is 13.0 Å². The number of thiazole rings is 1. The average Bonchev–Trinajstić information content (AvgIpc) is 3.34. The second kappa shape index (κ2) is 12.0. The summed E-state index contributed by atoms with van der Waals surface area (Å²) < 4.78 is 5.15. The number of aliphatic carboxylic acids is 2. The molecular formula is C24H23N5O11S2. The van der Waals surface area contributed by atoms with Gasteiger partial charge in [0.1, 0.15) is 29.9 Å². The van der Waals surface area contributed by atoms with Gasteiger partial charge in [0.2, 0.25) is 5.60 Å². The zero-order valence-corrected chi connectivity index (χ0v) is 23.2. The highest BCUT2D eigenvalue weighted by Gasteiger charge is 2.54. The molecule has 3 atom stereocenters. The molecule has 1 saturated heterocycles. The van der Waals surface area contributed by atoms with Gasteiger partial charge in [0.05, 0.1) is 11.3 Å². The number of rotatable bonds is 11. The van der Waals surface area contributed by atoms with Gasteiger partial charge in [-0.1, -0.05) is 5.16 Å². The Hall–Kier alpha value is -4.84. The van der Waals surface area contributed by atoms with Crippen LogP contribution < -0.4 is 11.1 Å². The second-order valence-corrected chi connectivity index (χ2v) is 11.1. The number of esters is 1. The molecule has 2 aromatic rings. The number of carboxylic acid groups (broad SMARTS) is 2. The predicted octanol–water partition coefficient (Wildman–Crippen LogP) is 0.120. The highest BCUT2D eigenvalue weighted by atomic mass is 32.2. The number of benzene rings is 1. The molecule has 2 aliphatic rings. The lowest BCUT2D eigenvalue weighted by atomic mass is 10.0. The van der Waals surface area contributed by atoms with Gasteiger partial charge < -0.3 is 41.1 Å². The van der Waals surface area contributed by atoms with Crippen LogP contribution in [0.3, 0.4) is 0 Å². The van der Waals surface area contributed by atoms with Crippen molar-refractivity contribution in [3.63, 3.8) is 0 Å². The zero-order chi connectivity index (χ0) is 30.8. The van der Waals surface area contributed by atoms with Gasteiger partial charge in [-0.05, 0) is 25.1 Å². The minimum Gasteiger partial charge on any atom is -0.504 e. The number of hydrogen-bond donors (Lipinski definition) is 6. The van der Waals surface area contributed by atoms with Crippen LogP contribution in [0.25, 0.3) is 0 Å². The van der Waals surface area contributed by atoms with E-state index < -0.39 is 70.5 Å². The number of oxime groups is 1. The molecule has 1 aromatic carbocycles. The van der Waals surface area contributed by atoms with Crippen molar-refractivity contribution in [2.24, 2.45) is 5.16 Å². The zero-order valence-electron chi connectivity index (χ0n) is 21.5. The van der Waals surface area contributed by atoms with E-state index in [1.807, 2.05) is 0 Å². The third kappa shape index (κ3) is 6.23. The summed E-state index contributed by atoms with van der Waals surface area (Å²) in [6.45, 7) is 0.762. The van der Waals surface area contributed by atoms with E-state index in [2.05, 4.69) is 15.5 Å². The number of amides is 2. The fourth-order valence-corrected chi connectivity index (χ4v) is 5.85. The van der Waals surface area contributed by atoms with Gasteiger partial charge in [0.25, 0.3) is 11.8 Å². The van der Waals surface area contributed by atoms with Gasteiger partial charge in [0, 0.05) is 23.1 Å². The largest absolute Gasteiger partial charge is 0.504 e. The van der Waals surface area contributed by atoms with Crippen LogP contribution in [-0.4, -0.2) is 95.6 Å². The quantitative estimate of drug-likeness (QED) is 0.0641. The highest BCUT2D eigenvalue weighted by Crippen LogP contribution is 2.40. The third-order valence-electron chi connectivity index (χ3n) is 6.10. The normalized spacial score (nSPS) is 19.5. The molecule has 4 rings (SSSR count). The van der Waals surface area contributed by atoms with Crippen LogP contribution in [0.15, 0.2) is 40.0 Å². The van der Waals surface area contributed by atoms with Gasteiger partial charge in [-0.2, -0.15) is 0 Å². The summed E-state index contributed by atoms with van der Waals surface area (Å²) in [4.78, 5) is 71.3. The number of carbonyl (C=O) groups excluding carboxylic acids is 3. The molecule has 0 saturated carbocycles. The SMILES string of the molecule is CC(Cc1csc(N)n1)(ON=CC(=O)N[C@@H]1C(=O)N2C(C(=O)O)=C(COC(=O)c3ccc(O)c(O)c3)CS[C@H]12)C(=O)O. The third-order valence-corrected chi connectivity index (χ3v) is 8.16. The van der Waals surface area contributed by atoms with E-state index in [0.29, 0.717) is 11.9 Å². The van der Waals surface area contributed by atoms with Crippen LogP contribution in [0.1, 0.15) is 23.0 Å². The van der Waals surface area contributed by atoms with E-state index in [4.69, 9.17) is 15.3 Å². The van der Waals surface area contributed by atoms with E-state index in [9.17, 15) is 44.4 Å². The van der Waals surface area contributed by atoms with Crippen molar-refractivity contribution < 1.29 is 54.0 Å². The summed E-state index contributed by atoms with van der Waals surface area (Å²) >= 11 is 2.23. The topological polar surface area (TPSA) is 251 Å². The number of β-lactam (4-membered cyclic amide) rings is 1. The van der Waals surface area contributed by atoms with E-state index in [1.54, 1.807) is 5.38 Å². The van der Waals surface area contributed by atoms with Crippen molar-refractivity contribution in [3.05, 3.63) is 46.1 Å². The Morgan fingerprint density at radius 2 is 2.00 bits per heavy atom. The van der Waals surface area contributed by atoms with Crippen molar-refractivity contribution in [2.75, 3.05) is 18.1 Å². The molecule has 18 heteroatoms. The number of fused-ring (bicyclic) bond motifs is 1. The molecule has 7 N–H and O–H groups in total. The molecule has 222 valence electrons. The number of phenols is 2. The number of nitrogens with zero attached hydrogens (tertiary/aromatic N) is 3. The maximum atomic E-state index is 12.8. The summed E-state index contributed by atoms with van der Waals surface area (Å²) in [7, 11) is 0. The Labute approximate surface area is 244 Å². The summed E-state index contributed by atoms with van der Waals surface area (Å²) in [5.41, 5.74) is 3.69. The summed E-state index contributed by atoms with van der Waals surface area (Å²) in [5.74, 6) is -6.28. The van der Waals surface area contributed by atoms with Crippen molar-refractivity contribution >= 4 is 64.2 Å². The van der Waals surface area contributed by atoms with Crippen molar-refractivity contribution in [2.45, 2.75) is 30.4 Å². The smallest absolute Gasteiger partial charge is 0.352 e. The Morgan fingerprint density at radius 1 is 1.26 bits per heavy atom. The summed E-state index contributed by atoms with van der Waals surface area (Å²) in [6, 6.07) is 2.16. The maximum Gasteiger partial charge on any atom is 0.352 e. The molecule has 1 unspecified atom stereocenters. The van der Waals surface area contributed by atoms with Gasteiger partial charge in [-0.3, -0.25) is 14.5 Å². The van der Waals surface area contributed by atoms with Crippen LogP contribution in [0.2, 0.25) is 0 Å². The lowest BCUT2D eigenvalue weighted by Crippen LogP contribution is -2.70. The molecule has 2 aliphatic heterocycles. The van der Waals surface area contributed by atoms with Crippen molar-refractivity contribution in [3.8, 4) is 11.5 Å². The number of hydrogen-bond acceptors (Lipinski definition) is 14. The Kier molecular flexibility index (Phi) is 8.57. The molecule has 42 heavy (non-hydrogen) atoms.